The first-order chi connectivity index (χ1) is 14.2. The number of ether oxygens (including phenoxy) is 1. The van der Waals surface area contributed by atoms with Crippen LogP contribution in [-0.4, -0.2) is 53.8 Å². The smallest absolute Gasteiger partial charge is 0.271 e. The van der Waals surface area contributed by atoms with Gasteiger partial charge in [0.05, 0.1) is 19.4 Å². The third-order valence-electron chi connectivity index (χ3n) is 4.89. The highest BCUT2D eigenvalue weighted by atomic mass is 16.5. The number of para-hydroxylation sites is 1. The molecule has 0 radical (unpaired) electrons. The molecule has 2 aromatic carbocycles. The number of fused-ring (bicyclic) bond motifs is 1. The van der Waals surface area contributed by atoms with Crippen molar-refractivity contribution in [2.24, 2.45) is 5.10 Å². The standard InChI is InChI=1S/C22H22N4O3/c27-21(25-10-12-29-13-11-25)16-26-15-18(19-8-4-5-9-20(19)26)14-23-24-22(28)17-6-2-1-3-7-17/h1-9,14-15H,10-13,16H2,(H,24,28)/b23-14+. The number of hydrazone groups is 1. The summed E-state index contributed by atoms with van der Waals surface area (Å²) >= 11 is 0. The van der Waals surface area contributed by atoms with Gasteiger partial charge in [-0.1, -0.05) is 36.4 Å². The lowest BCUT2D eigenvalue weighted by Crippen LogP contribution is -2.42. The number of rotatable bonds is 5. The molecule has 0 spiro atoms. The molecule has 29 heavy (non-hydrogen) atoms. The number of aromatic nitrogens is 1. The van der Waals surface area contributed by atoms with Crippen molar-refractivity contribution in [3.63, 3.8) is 0 Å². The molecule has 3 aromatic rings. The number of amides is 2. The predicted octanol–water partition coefficient (Wildman–Crippen LogP) is 2.26. The summed E-state index contributed by atoms with van der Waals surface area (Å²) in [5, 5.41) is 5.07. The third kappa shape index (κ3) is 4.35. The summed E-state index contributed by atoms with van der Waals surface area (Å²) in [7, 11) is 0. The summed E-state index contributed by atoms with van der Waals surface area (Å²) in [4.78, 5) is 26.6. The van der Waals surface area contributed by atoms with Crippen molar-refractivity contribution in [1.82, 2.24) is 14.9 Å². The molecule has 148 valence electrons. The molecule has 0 saturated carbocycles. The van der Waals surface area contributed by atoms with Crippen LogP contribution in [0.25, 0.3) is 10.9 Å². The quantitative estimate of drug-likeness (QED) is 0.536. The van der Waals surface area contributed by atoms with Crippen molar-refractivity contribution in [2.75, 3.05) is 26.3 Å². The minimum absolute atomic E-state index is 0.0647. The van der Waals surface area contributed by atoms with Crippen molar-refractivity contribution >= 4 is 28.9 Å². The number of nitrogens with one attached hydrogen (secondary N) is 1. The number of morpholine rings is 1. The van der Waals surface area contributed by atoms with Gasteiger partial charge in [0.15, 0.2) is 0 Å². The fourth-order valence-corrected chi connectivity index (χ4v) is 3.38. The van der Waals surface area contributed by atoms with E-state index in [1.54, 1.807) is 30.5 Å². The molecule has 2 amide bonds. The molecule has 0 bridgehead atoms. The number of nitrogens with zero attached hydrogens (tertiary/aromatic N) is 3. The van der Waals surface area contributed by atoms with Gasteiger partial charge < -0.3 is 14.2 Å². The second-order valence-electron chi connectivity index (χ2n) is 6.79. The van der Waals surface area contributed by atoms with E-state index in [2.05, 4.69) is 10.5 Å². The molecule has 7 nitrogen and oxygen atoms in total. The molecule has 1 aliphatic rings. The summed E-state index contributed by atoms with van der Waals surface area (Å²) in [5.41, 5.74) is 4.88. The highest BCUT2D eigenvalue weighted by Crippen LogP contribution is 2.20. The van der Waals surface area contributed by atoms with Gasteiger partial charge in [-0.05, 0) is 18.2 Å². The van der Waals surface area contributed by atoms with Gasteiger partial charge in [0.25, 0.3) is 5.91 Å². The van der Waals surface area contributed by atoms with E-state index in [9.17, 15) is 9.59 Å². The fourth-order valence-electron chi connectivity index (χ4n) is 3.38. The topological polar surface area (TPSA) is 75.9 Å². The summed E-state index contributed by atoms with van der Waals surface area (Å²) in [6.45, 7) is 2.66. The molecule has 0 atom stereocenters. The Balaban J connectivity index is 1.51. The largest absolute Gasteiger partial charge is 0.378 e. The summed E-state index contributed by atoms with van der Waals surface area (Å²) < 4.78 is 7.24. The zero-order chi connectivity index (χ0) is 20.1. The summed E-state index contributed by atoms with van der Waals surface area (Å²) in [6, 6.07) is 16.8. The van der Waals surface area contributed by atoms with Gasteiger partial charge in [0.1, 0.15) is 6.54 Å². The maximum atomic E-state index is 12.6. The van der Waals surface area contributed by atoms with Crippen molar-refractivity contribution in [2.45, 2.75) is 6.54 Å². The zero-order valence-corrected chi connectivity index (χ0v) is 16.0. The summed E-state index contributed by atoms with van der Waals surface area (Å²) in [6.07, 6.45) is 3.50. The molecule has 0 unspecified atom stereocenters. The van der Waals surface area contributed by atoms with E-state index in [4.69, 9.17) is 4.74 Å². The minimum atomic E-state index is -0.270. The van der Waals surface area contributed by atoms with E-state index < -0.39 is 0 Å². The summed E-state index contributed by atoms with van der Waals surface area (Å²) in [5.74, 6) is -0.206. The van der Waals surface area contributed by atoms with Crippen molar-refractivity contribution < 1.29 is 14.3 Å². The van der Waals surface area contributed by atoms with Crippen LogP contribution >= 0.6 is 0 Å². The maximum absolute atomic E-state index is 12.6. The van der Waals surface area contributed by atoms with Crippen LogP contribution in [0.1, 0.15) is 15.9 Å². The SMILES string of the molecule is O=C(N/N=C/c1cn(CC(=O)N2CCOCC2)c2ccccc12)c1ccccc1. The molecule has 1 fully saturated rings. The first-order valence-electron chi connectivity index (χ1n) is 9.54. The fraction of sp³-hybridized carbons (Fsp3) is 0.227. The van der Waals surface area contributed by atoms with Gasteiger partial charge >= 0.3 is 0 Å². The van der Waals surface area contributed by atoms with Crippen LogP contribution in [0.3, 0.4) is 0 Å². The molecule has 0 aliphatic carbocycles. The Bertz CT molecular complexity index is 1040. The van der Waals surface area contributed by atoms with Crippen LogP contribution in [0.15, 0.2) is 65.9 Å². The number of hydrogen-bond donors (Lipinski definition) is 1. The molecule has 1 N–H and O–H groups in total. The van der Waals surface area contributed by atoms with Crippen LogP contribution in [0, 0.1) is 0 Å². The highest BCUT2D eigenvalue weighted by molar-refractivity contribution is 6.01. The van der Waals surface area contributed by atoms with E-state index in [1.807, 2.05) is 46.0 Å². The lowest BCUT2D eigenvalue weighted by atomic mass is 10.2. The molecular weight excluding hydrogens is 368 g/mol. The Labute approximate surface area is 168 Å². The van der Waals surface area contributed by atoms with Gasteiger partial charge in [0.2, 0.25) is 5.91 Å². The van der Waals surface area contributed by atoms with Crippen LogP contribution in [0.5, 0.6) is 0 Å². The number of carbonyl (C=O) groups excluding carboxylic acids is 2. The average Bonchev–Trinajstić information content (AvgIpc) is 3.12. The Morgan fingerprint density at radius 1 is 1.03 bits per heavy atom. The Kier molecular flexibility index (Phi) is 5.67. The van der Waals surface area contributed by atoms with Crippen LogP contribution < -0.4 is 5.43 Å². The molecule has 1 aliphatic heterocycles. The second kappa shape index (κ2) is 8.70. The number of benzene rings is 2. The van der Waals surface area contributed by atoms with Gasteiger partial charge in [-0.25, -0.2) is 5.43 Å². The van der Waals surface area contributed by atoms with Crippen molar-refractivity contribution in [1.29, 1.82) is 0 Å². The van der Waals surface area contributed by atoms with E-state index in [0.29, 0.717) is 31.9 Å². The van der Waals surface area contributed by atoms with Crippen LogP contribution in [0.2, 0.25) is 0 Å². The van der Waals surface area contributed by atoms with Gasteiger partial charge in [-0.2, -0.15) is 5.10 Å². The zero-order valence-electron chi connectivity index (χ0n) is 16.0. The van der Waals surface area contributed by atoms with Gasteiger partial charge in [-0.3, -0.25) is 9.59 Å². The normalized spacial score (nSPS) is 14.4. The first-order valence-corrected chi connectivity index (χ1v) is 9.54. The molecule has 4 rings (SSSR count). The molecule has 1 aromatic heterocycles. The van der Waals surface area contributed by atoms with E-state index >= 15 is 0 Å². The van der Waals surface area contributed by atoms with Gasteiger partial charge in [0, 0.05) is 41.3 Å². The molecule has 7 heteroatoms. The minimum Gasteiger partial charge on any atom is -0.378 e. The maximum Gasteiger partial charge on any atom is 0.271 e. The Morgan fingerprint density at radius 3 is 2.55 bits per heavy atom. The molecule has 1 saturated heterocycles. The van der Waals surface area contributed by atoms with Crippen molar-refractivity contribution in [3.05, 3.63) is 71.9 Å². The lowest BCUT2D eigenvalue weighted by molar-refractivity contribution is -0.135. The molecular formula is C22H22N4O3. The lowest BCUT2D eigenvalue weighted by Gasteiger charge is -2.27. The molecule has 2 heterocycles. The number of carbonyl (C=O) groups is 2. The monoisotopic (exact) mass is 390 g/mol. The van der Waals surface area contributed by atoms with Crippen LogP contribution in [-0.2, 0) is 16.1 Å². The first kappa shape index (κ1) is 18.9. The van der Waals surface area contributed by atoms with Crippen LogP contribution in [0.4, 0.5) is 0 Å². The van der Waals surface area contributed by atoms with E-state index in [0.717, 1.165) is 16.5 Å². The van der Waals surface area contributed by atoms with Crippen molar-refractivity contribution in [3.8, 4) is 0 Å². The van der Waals surface area contributed by atoms with E-state index in [-0.39, 0.29) is 18.4 Å². The number of hydrogen-bond acceptors (Lipinski definition) is 4. The highest BCUT2D eigenvalue weighted by Gasteiger charge is 2.18. The van der Waals surface area contributed by atoms with E-state index in [1.165, 1.54) is 0 Å². The predicted molar refractivity (Wildman–Crippen MR) is 111 cm³/mol. The third-order valence-corrected chi connectivity index (χ3v) is 4.89. The Hall–Kier alpha value is -3.45. The average molecular weight is 390 g/mol. The Morgan fingerprint density at radius 2 is 1.76 bits per heavy atom. The second-order valence-corrected chi connectivity index (χ2v) is 6.79. The van der Waals surface area contributed by atoms with Gasteiger partial charge in [-0.15, -0.1) is 0 Å².